The molecule has 0 radical (unpaired) electrons. The number of nitro groups is 1. The second-order valence-corrected chi connectivity index (χ2v) is 8.98. The Balaban J connectivity index is 1.85. The molecule has 0 spiro atoms. The van der Waals surface area contributed by atoms with E-state index in [2.05, 4.69) is 15.6 Å². The molecule has 0 saturated heterocycles. The highest BCUT2D eigenvalue weighted by atomic mass is 16.6. The largest absolute Gasteiger partial charge is 0.362 e. The van der Waals surface area contributed by atoms with Gasteiger partial charge < -0.3 is 10.6 Å². The normalized spacial score (nSPS) is 19.8. The van der Waals surface area contributed by atoms with E-state index in [-0.39, 0.29) is 22.8 Å². The van der Waals surface area contributed by atoms with Gasteiger partial charge >= 0.3 is 0 Å². The van der Waals surface area contributed by atoms with Crippen molar-refractivity contribution in [2.24, 2.45) is 5.41 Å². The number of ketones is 1. The topological polar surface area (TPSA) is 114 Å². The average molecular weight is 432 g/mol. The third-order valence-electron chi connectivity index (χ3n) is 5.82. The number of Topliss-reactive ketones (excluding diaryl/α,β-unsaturated/α-hetero) is 1. The summed E-state index contributed by atoms with van der Waals surface area (Å²) in [5.41, 5.74) is 3.02. The summed E-state index contributed by atoms with van der Waals surface area (Å²) in [5, 5.41) is 17.5. The van der Waals surface area contributed by atoms with Crippen LogP contribution >= 0.6 is 0 Å². The van der Waals surface area contributed by atoms with Crippen LogP contribution in [0.2, 0.25) is 0 Å². The van der Waals surface area contributed by atoms with Gasteiger partial charge in [0.15, 0.2) is 5.78 Å². The number of hydrogen-bond acceptors (Lipinski definition) is 6. The minimum atomic E-state index is -0.702. The Morgan fingerprint density at radius 2 is 2.03 bits per heavy atom. The third kappa shape index (κ3) is 4.03. The molecular formula is C24H24N4O4. The molecule has 2 aromatic rings. The van der Waals surface area contributed by atoms with E-state index in [1.165, 1.54) is 18.3 Å². The molecule has 1 aliphatic carbocycles. The Bertz CT molecular complexity index is 1180. The Hall–Kier alpha value is -3.81. The van der Waals surface area contributed by atoms with Crippen molar-refractivity contribution < 1.29 is 14.5 Å². The van der Waals surface area contributed by atoms with Gasteiger partial charge in [-0.05, 0) is 36.5 Å². The van der Waals surface area contributed by atoms with E-state index >= 15 is 0 Å². The number of carbonyl (C=O) groups excluding carboxylic acids is 2. The molecule has 32 heavy (non-hydrogen) atoms. The monoisotopic (exact) mass is 432 g/mol. The van der Waals surface area contributed by atoms with Gasteiger partial charge in [-0.1, -0.05) is 26.0 Å². The first-order valence-electron chi connectivity index (χ1n) is 10.4. The molecule has 0 saturated carbocycles. The number of carbonyl (C=O) groups is 2. The third-order valence-corrected chi connectivity index (χ3v) is 5.82. The maximum absolute atomic E-state index is 13.4. The molecule has 1 atom stereocenters. The van der Waals surface area contributed by atoms with Crippen LogP contribution in [0.15, 0.2) is 71.3 Å². The van der Waals surface area contributed by atoms with E-state index in [9.17, 15) is 19.7 Å². The number of allylic oxidation sites excluding steroid dienone is 3. The van der Waals surface area contributed by atoms with E-state index < -0.39 is 10.8 Å². The molecule has 0 bridgehead atoms. The number of amides is 1. The number of non-ortho nitro benzene ring substituents is 1. The van der Waals surface area contributed by atoms with Crippen LogP contribution in [0.1, 0.15) is 45.1 Å². The van der Waals surface area contributed by atoms with Crippen molar-refractivity contribution in [1.82, 2.24) is 10.3 Å². The van der Waals surface area contributed by atoms with Gasteiger partial charge in [0.05, 0.1) is 16.8 Å². The van der Waals surface area contributed by atoms with Gasteiger partial charge in [-0.15, -0.1) is 0 Å². The van der Waals surface area contributed by atoms with Crippen molar-refractivity contribution >= 4 is 23.1 Å². The van der Waals surface area contributed by atoms with E-state index in [4.69, 9.17) is 0 Å². The number of benzene rings is 1. The zero-order valence-electron chi connectivity index (χ0n) is 18.1. The lowest BCUT2D eigenvalue weighted by Gasteiger charge is -2.39. The maximum atomic E-state index is 13.4. The first-order valence-corrected chi connectivity index (χ1v) is 10.4. The summed E-state index contributed by atoms with van der Waals surface area (Å²) in [7, 11) is 0. The van der Waals surface area contributed by atoms with Gasteiger partial charge in [-0.2, -0.15) is 0 Å². The molecule has 2 N–H and O–H groups in total. The zero-order chi connectivity index (χ0) is 23.0. The smallest absolute Gasteiger partial charge is 0.269 e. The first-order chi connectivity index (χ1) is 15.2. The summed E-state index contributed by atoms with van der Waals surface area (Å²) < 4.78 is 0. The van der Waals surface area contributed by atoms with E-state index in [1.807, 2.05) is 13.8 Å². The molecule has 2 aliphatic rings. The van der Waals surface area contributed by atoms with Crippen LogP contribution in [-0.4, -0.2) is 21.6 Å². The van der Waals surface area contributed by atoms with Crippen molar-refractivity contribution in [3.8, 4) is 0 Å². The van der Waals surface area contributed by atoms with Crippen molar-refractivity contribution in [3.63, 3.8) is 0 Å². The molecule has 1 amide bonds. The SMILES string of the molecule is CC1=C(C(=O)Nc2cccnc2)C(c2cccc([N+](=O)[O-])c2)C2=C(CC(C)(C)CC2=O)N1. The molecule has 164 valence electrons. The van der Waals surface area contributed by atoms with Crippen LogP contribution in [0, 0.1) is 15.5 Å². The van der Waals surface area contributed by atoms with Crippen LogP contribution < -0.4 is 10.6 Å². The fraction of sp³-hybridized carbons (Fsp3) is 0.292. The molecule has 1 aliphatic heterocycles. The maximum Gasteiger partial charge on any atom is 0.269 e. The minimum absolute atomic E-state index is 0.0561. The average Bonchev–Trinajstić information content (AvgIpc) is 2.72. The lowest BCUT2D eigenvalue weighted by Crippen LogP contribution is -2.39. The summed E-state index contributed by atoms with van der Waals surface area (Å²) in [6.07, 6.45) is 4.13. The summed E-state index contributed by atoms with van der Waals surface area (Å²) >= 11 is 0. The molecule has 4 rings (SSSR count). The standard InChI is InChI=1S/C24H24N4O4/c1-14-20(23(30)27-16-7-5-9-25-13-16)21(15-6-4-8-17(10-15)28(31)32)22-18(26-14)11-24(2,3)12-19(22)29/h4-10,13,21,26H,11-12H2,1-3H3,(H,27,30). The number of pyridine rings is 1. The lowest BCUT2D eigenvalue weighted by molar-refractivity contribution is -0.384. The highest BCUT2D eigenvalue weighted by molar-refractivity contribution is 6.09. The van der Waals surface area contributed by atoms with Crippen LogP contribution in [-0.2, 0) is 9.59 Å². The van der Waals surface area contributed by atoms with Gasteiger partial charge in [0.25, 0.3) is 11.6 Å². The highest BCUT2D eigenvalue weighted by Crippen LogP contribution is 2.47. The van der Waals surface area contributed by atoms with Crippen LogP contribution in [0.3, 0.4) is 0 Å². The van der Waals surface area contributed by atoms with Crippen LogP contribution in [0.25, 0.3) is 0 Å². The molecule has 1 unspecified atom stereocenters. The lowest BCUT2D eigenvalue weighted by atomic mass is 9.68. The number of aromatic nitrogens is 1. The van der Waals surface area contributed by atoms with Crippen LogP contribution in [0.4, 0.5) is 11.4 Å². The van der Waals surface area contributed by atoms with Gasteiger partial charge in [-0.3, -0.25) is 24.7 Å². The number of nitrogens with zero attached hydrogens (tertiary/aromatic N) is 2. The number of anilines is 1. The van der Waals surface area contributed by atoms with E-state index in [1.54, 1.807) is 37.4 Å². The second-order valence-electron chi connectivity index (χ2n) is 8.98. The molecule has 1 aromatic heterocycles. The predicted octanol–water partition coefficient (Wildman–Crippen LogP) is 4.23. The quantitative estimate of drug-likeness (QED) is 0.552. The zero-order valence-corrected chi connectivity index (χ0v) is 18.1. The van der Waals surface area contributed by atoms with Crippen molar-refractivity contribution in [3.05, 3.63) is 87.0 Å². The van der Waals surface area contributed by atoms with E-state index in [0.717, 1.165) is 5.70 Å². The molecule has 8 heteroatoms. The summed E-state index contributed by atoms with van der Waals surface area (Å²) in [6, 6.07) is 9.58. The summed E-state index contributed by atoms with van der Waals surface area (Å²) in [6.45, 7) is 5.85. The fourth-order valence-electron chi connectivity index (χ4n) is 4.52. The van der Waals surface area contributed by atoms with Crippen molar-refractivity contribution in [2.45, 2.75) is 39.5 Å². The Morgan fingerprint density at radius 3 is 2.72 bits per heavy atom. The Kier molecular flexibility index (Phi) is 5.38. The Labute approximate surface area is 185 Å². The summed E-state index contributed by atoms with van der Waals surface area (Å²) in [4.78, 5) is 41.6. The number of hydrogen-bond donors (Lipinski definition) is 2. The number of nitrogens with one attached hydrogen (secondary N) is 2. The van der Waals surface area contributed by atoms with Crippen molar-refractivity contribution in [2.75, 3.05) is 5.32 Å². The molecule has 1 aromatic carbocycles. The van der Waals surface area contributed by atoms with Gasteiger partial charge in [0.2, 0.25) is 0 Å². The fourth-order valence-corrected chi connectivity index (χ4v) is 4.52. The minimum Gasteiger partial charge on any atom is -0.362 e. The predicted molar refractivity (Wildman–Crippen MR) is 120 cm³/mol. The van der Waals surface area contributed by atoms with Gasteiger partial charge in [-0.25, -0.2) is 0 Å². The molecule has 0 fully saturated rings. The molecular weight excluding hydrogens is 408 g/mol. The summed E-state index contributed by atoms with van der Waals surface area (Å²) in [5.74, 6) is -1.14. The number of dihydropyridines is 1. The molecule has 8 nitrogen and oxygen atoms in total. The second kappa shape index (κ2) is 8.03. The van der Waals surface area contributed by atoms with Gasteiger partial charge in [0, 0.05) is 53.2 Å². The Morgan fingerprint density at radius 1 is 1.25 bits per heavy atom. The number of rotatable bonds is 4. The van der Waals surface area contributed by atoms with Crippen molar-refractivity contribution in [1.29, 1.82) is 0 Å². The molecule has 2 heterocycles. The van der Waals surface area contributed by atoms with Gasteiger partial charge in [0.1, 0.15) is 0 Å². The van der Waals surface area contributed by atoms with E-state index in [0.29, 0.717) is 40.9 Å². The first kappa shape index (κ1) is 21.4. The van der Waals surface area contributed by atoms with Crippen LogP contribution in [0.5, 0.6) is 0 Å². The number of nitro benzene ring substituents is 1. The highest BCUT2D eigenvalue weighted by Gasteiger charge is 2.43.